The summed E-state index contributed by atoms with van der Waals surface area (Å²) < 4.78 is 1.86. The highest BCUT2D eigenvalue weighted by atomic mass is 32.1. The first-order chi connectivity index (χ1) is 9.38. The molecular weight excluding hydrogens is 272 g/mol. The maximum atomic E-state index is 12.1. The molecule has 1 amide bonds. The van der Waals surface area contributed by atoms with Gasteiger partial charge in [-0.25, -0.2) is 9.97 Å². The van der Waals surface area contributed by atoms with Crippen molar-refractivity contribution in [3.63, 3.8) is 0 Å². The van der Waals surface area contributed by atoms with Gasteiger partial charge < -0.3 is 9.88 Å². The summed E-state index contributed by atoms with van der Waals surface area (Å²) in [6, 6.07) is -0.0719. The number of amides is 1. The minimum atomic E-state index is -0.0719. The van der Waals surface area contributed by atoms with Crippen molar-refractivity contribution in [3.05, 3.63) is 33.3 Å². The van der Waals surface area contributed by atoms with Crippen LogP contribution < -0.4 is 5.32 Å². The van der Waals surface area contributed by atoms with Gasteiger partial charge in [0.15, 0.2) is 0 Å². The van der Waals surface area contributed by atoms with Gasteiger partial charge in [0.1, 0.15) is 6.54 Å². The fraction of sp³-hybridized carbons (Fsp3) is 0.500. The zero-order valence-corrected chi connectivity index (χ0v) is 13.3. The zero-order chi connectivity index (χ0) is 14.9. The van der Waals surface area contributed by atoms with Crippen LogP contribution in [0, 0.1) is 27.7 Å². The molecule has 2 aromatic heterocycles. The van der Waals surface area contributed by atoms with E-state index in [9.17, 15) is 4.79 Å². The van der Waals surface area contributed by atoms with Gasteiger partial charge in [-0.1, -0.05) is 0 Å². The number of aryl methyl sites for hydroxylation is 3. The number of hydrogen-bond donors (Lipinski definition) is 1. The van der Waals surface area contributed by atoms with Gasteiger partial charge in [-0.15, -0.1) is 11.3 Å². The summed E-state index contributed by atoms with van der Waals surface area (Å²) in [6.45, 7) is 10.2. The van der Waals surface area contributed by atoms with Crippen LogP contribution in [0.3, 0.4) is 0 Å². The first kappa shape index (κ1) is 14.7. The lowest BCUT2D eigenvalue weighted by molar-refractivity contribution is -0.122. The Bertz CT molecular complexity index is 629. The Kier molecular flexibility index (Phi) is 4.23. The predicted octanol–water partition coefficient (Wildman–Crippen LogP) is 2.45. The van der Waals surface area contributed by atoms with E-state index in [-0.39, 0.29) is 11.9 Å². The second-order valence-corrected chi connectivity index (χ2v) is 6.41. The van der Waals surface area contributed by atoms with Gasteiger partial charge in [0.25, 0.3) is 0 Å². The Morgan fingerprint density at radius 2 is 2.10 bits per heavy atom. The monoisotopic (exact) mass is 292 g/mol. The van der Waals surface area contributed by atoms with Gasteiger partial charge in [-0.3, -0.25) is 4.79 Å². The van der Waals surface area contributed by atoms with Crippen molar-refractivity contribution >= 4 is 17.2 Å². The molecule has 6 heteroatoms. The lowest BCUT2D eigenvalue weighted by Gasteiger charge is -2.13. The van der Waals surface area contributed by atoms with E-state index in [2.05, 4.69) is 15.3 Å². The van der Waals surface area contributed by atoms with Crippen LogP contribution in [0.5, 0.6) is 0 Å². The van der Waals surface area contributed by atoms with E-state index >= 15 is 0 Å². The summed E-state index contributed by atoms with van der Waals surface area (Å²) in [4.78, 5) is 21.9. The number of nitrogens with one attached hydrogen (secondary N) is 1. The van der Waals surface area contributed by atoms with E-state index in [1.54, 1.807) is 17.7 Å². The van der Waals surface area contributed by atoms with Crippen LogP contribution in [0.25, 0.3) is 0 Å². The molecule has 0 radical (unpaired) electrons. The quantitative estimate of drug-likeness (QED) is 0.941. The topological polar surface area (TPSA) is 59.8 Å². The van der Waals surface area contributed by atoms with Gasteiger partial charge in [-0.2, -0.15) is 0 Å². The van der Waals surface area contributed by atoms with E-state index in [0.29, 0.717) is 6.54 Å². The Hall–Kier alpha value is -1.69. The summed E-state index contributed by atoms with van der Waals surface area (Å²) in [5.41, 5.74) is 2.93. The van der Waals surface area contributed by atoms with Crippen LogP contribution in [0.4, 0.5) is 0 Å². The minimum absolute atomic E-state index is 0.0250. The largest absolute Gasteiger partial charge is 0.346 e. The molecule has 0 aliphatic rings. The van der Waals surface area contributed by atoms with Crippen molar-refractivity contribution in [1.29, 1.82) is 0 Å². The molecule has 0 aliphatic heterocycles. The predicted molar refractivity (Wildman–Crippen MR) is 79.8 cm³/mol. The molecule has 20 heavy (non-hydrogen) atoms. The van der Waals surface area contributed by atoms with Gasteiger partial charge in [0.2, 0.25) is 5.91 Å². The highest BCUT2D eigenvalue weighted by Crippen LogP contribution is 2.22. The van der Waals surface area contributed by atoms with Crippen molar-refractivity contribution in [1.82, 2.24) is 19.9 Å². The fourth-order valence-electron chi connectivity index (χ4n) is 2.16. The molecule has 0 bridgehead atoms. The van der Waals surface area contributed by atoms with Crippen LogP contribution in [0.15, 0.2) is 6.33 Å². The maximum absolute atomic E-state index is 12.1. The molecule has 108 valence electrons. The van der Waals surface area contributed by atoms with E-state index < -0.39 is 0 Å². The first-order valence-corrected chi connectivity index (χ1v) is 7.41. The molecule has 0 spiro atoms. The number of aromatic nitrogens is 3. The van der Waals surface area contributed by atoms with Gasteiger partial charge in [0.05, 0.1) is 28.8 Å². The van der Waals surface area contributed by atoms with E-state index in [1.165, 1.54) is 0 Å². The minimum Gasteiger partial charge on any atom is -0.346 e. The van der Waals surface area contributed by atoms with Gasteiger partial charge >= 0.3 is 0 Å². The van der Waals surface area contributed by atoms with Crippen LogP contribution in [0.2, 0.25) is 0 Å². The molecule has 1 unspecified atom stereocenters. The summed E-state index contributed by atoms with van der Waals surface area (Å²) in [5.74, 6) is -0.0250. The molecule has 1 atom stereocenters. The summed E-state index contributed by atoms with van der Waals surface area (Å²) in [5, 5.41) is 4.02. The molecular formula is C14H20N4OS. The van der Waals surface area contributed by atoms with E-state index in [0.717, 1.165) is 27.0 Å². The summed E-state index contributed by atoms with van der Waals surface area (Å²) >= 11 is 1.66. The van der Waals surface area contributed by atoms with Crippen LogP contribution in [-0.4, -0.2) is 20.4 Å². The Labute approximate surface area is 123 Å². The number of carbonyl (C=O) groups excluding carboxylic acids is 1. The molecule has 2 rings (SSSR count). The normalized spacial score (nSPS) is 12.4. The third-order valence-corrected chi connectivity index (χ3v) is 4.29. The number of thiazole rings is 1. The second kappa shape index (κ2) is 5.75. The van der Waals surface area contributed by atoms with Crippen molar-refractivity contribution < 1.29 is 4.79 Å². The van der Waals surface area contributed by atoms with Crippen LogP contribution in [0.1, 0.15) is 39.9 Å². The molecule has 0 aromatic carbocycles. The number of rotatable bonds is 4. The first-order valence-electron chi connectivity index (χ1n) is 6.60. The van der Waals surface area contributed by atoms with Crippen LogP contribution in [-0.2, 0) is 11.3 Å². The van der Waals surface area contributed by atoms with E-state index in [1.807, 2.05) is 39.2 Å². The fourth-order valence-corrected chi connectivity index (χ4v) is 3.07. The van der Waals surface area contributed by atoms with Gasteiger partial charge in [0, 0.05) is 10.6 Å². The molecule has 0 aliphatic carbocycles. The molecule has 2 aromatic rings. The highest BCUT2D eigenvalue weighted by molar-refractivity contribution is 7.11. The van der Waals surface area contributed by atoms with Crippen molar-refractivity contribution in [3.8, 4) is 0 Å². The Balaban J connectivity index is 2.01. The average molecular weight is 292 g/mol. The molecule has 0 saturated heterocycles. The zero-order valence-electron chi connectivity index (χ0n) is 12.5. The SMILES string of the molecule is Cc1nc(C(C)NC(=O)Cn2cnc(C)c2C)c(C)s1. The average Bonchev–Trinajstić information content (AvgIpc) is 2.85. The number of imidazole rings is 1. The molecule has 2 heterocycles. The molecule has 5 nitrogen and oxygen atoms in total. The molecule has 0 saturated carbocycles. The number of nitrogens with zero attached hydrogens (tertiary/aromatic N) is 3. The Morgan fingerprint density at radius 1 is 1.40 bits per heavy atom. The molecule has 1 N–H and O–H groups in total. The standard InChI is InChI=1S/C14H20N4OS/c1-8-10(3)18(7-15-8)6-13(19)16-9(2)14-11(4)20-12(5)17-14/h7,9H,6H2,1-5H3,(H,16,19). The van der Waals surface area contributed by atoms with Crippen molar-refractivity contribution in [2.45, 2.75) is 47.2 Å². The second-order valence-electron chi connectivity index (χ2n) is 5.01. The number of hydrogen-bond acceptors (Lipinski definition) is 4. The summed E-state index contributed by atoms with van der Waals surface area (Å²) in [6.07, 6.45) is 1.70. The third-order valence-electron chi connectivity index (χ3n) is 3.39. The lowest BCUT2D eigenvalue weighted by Crippen LogP contribution is -2.30. The van der Waals surface area contributed by atoms with Gasteiger partial charge in [-0.05, 0) is 34.6 Å². The highest BCUT2D eigenvalue weighted by Gasteiger charge is 2.16. The van der Waals surface area contributed by atoms with Crippen molar-refractivity contribution in [2.24, 2.45) is 0 Å². The smallest absolute Gasteiger partial charge is 0.240 e. The number of carbonyl (C=O) groups is 1. The summed E-state index contributed by atoms with van der Waals surface area (Å²) in [7, 11) is 0. The molecule has 0 fully saturated rings. The van der Waals surface area contributed by atoms with Crippen LogP contribution >= 0.6 is 11.3 Å². The van der Waals surface area contributed by atoms with E-state index in [4.69, 9.17) is 0 Å². The van der Waals surface area contributed by atoms with Crippen molar-refractivity contribution in [2.75, 3.05) is 0 Å². The third kappa shape index (κ3) is 3.07. The lowest BCUT2D eigenvalue weighted by atomic mass is 10.2. The Morgan fingerprint density at radius 3 is 2.60 bits per heavy atom. The maximum Gasteiger partial charge on any atom is 0.240 e.